The van der Waals surface area contributed by atoms with Gasteiger partial charge in [-0.1, -0.05) is 39.5 Å². The summed E-state index contributed by atoms with van der Waals surface area (Å²) in [6.07, 6.45) is 7.15. The number of rotatable bonds is 10. The van der Waals surface area contributed by atoms with E-state index in [4.69, 9.17) is 17.0 Å². The van der Waals surface area contributed by atoms with Gasteiger partial charge < -0.3 is 15.4 Å². The number of unbranched alkanes of at least 4 members (excludes halogenated alkanes) is 4. The predicted octanol–water partition coefficient (Wildman–Crippen LogP) is 4.65. The van der Waals surface area contributed by atoms with Crippen LogP contribution in [-0.4, -0.2) is 17.6 Å². The van der Waals surface area contributed by atoms with Crippen LogP contribution in [0.15, 0.2) is 24.3 Å². The zero-order chi connectivity index (χ0) is 16.9. The predicted molar refractivity (Wildman–Crippen MR) is 100.0 cm³/mol. The van der Waals surface area contributed by atoms with E-state index in [0.717, 1.165) is 37.3 Å². The van der Waals surface area contributed by atoms with Gasteiger partial charge in [0.05, 0.1) is 6.61 Å². The van der Waals surface area contributed by atoms with E-state index in [1.807, 2.05) is 24.3 Å². The Morgan fingerprint density at radius 3 is 2.39 bits per heavy atom. The van der Waals surface area contributed by atoms with Crippen LogP contribution in [0.3, 0.4) is 0 Å². The van der Waals surface area contributed by atoms with Gasteiger partial charge in [0.2, 0.25) is 5.91 Å². The van der Waals surface area contributed by atoms with Crippen molar-refractivity contribution in [1.82, 2.24) is 5.32 Å². The van der Waals surface area contributed by atoms with Gasteiger partial charge in [0.1, 0.15) is 5.75 Å². The van der Waals surface area contributed by atoms with Crippen LogP contribution in [-0.2, 0) is 4.79 Å². The molecule has 0 aliphatic carbocycles. The Bertz CT molecular complexity index is 474. The van der Waals surface area contributed by atoms with Gasteiger partial charge in [0.15, 0.2) is 5.11 Å². The van der Waals surface area contributed by atoms with E-state index >= 15 is 0 Å². The second-order valence-corrected chi connectivity index (χ2v) is 5.95. The molecule has 1 rings (SSSR count). The van der Waals surface area contributed by atoms with E-state index in [-0.39, 0.29) is 5.91 Å². The zero-order valence-electron chi connectivity index (χ0n) is 14.2. The second kappa shape index (κ2) is 11.9. The first-order chi connectivity index (χ1) is 11.2. The second-order valence-electron chi connectivity index (χ2n) is 5.54. The van der Waals surface area contributed by atoms with Crippen LogP contribution in [0, 0.1) is 0 Å². The molecule has 0 aromatic heterocycles. The fourth-order valence-corrected chi connectivity index (χ4v) is 2.27. The molecule has 0 saturated heterocycles. The lowest BCUT2D eigenvalue weighted by Crippen LogP contribution is -2.33. The average Bonchev–Trinajstić information content (AvgIpc) is 2.54. The number of carbonyl (C=O) groups is 1. The summed E-state index contributed by atoms with van der Waals surface area (Å²) in [4.78, 5) is 11.6. The van der Waals surface area contributed by atoms with Crippen molar-refractivity contribution in [2.24, 2.45) is 0 Å². The average molecular weight is 337 g/mol. The molecule has 0 heterocycles. The number of anilines is 1. The maximum Gasteiger partial charge on any atom is 0.226 e. The molecule has 1 aromatic carbocycles. The lowest BCUT2D eigenvalue weighted by Gasteiger charge is -2.10. The molecule has 1 aromatic rings. The van der Waals surface area contributed by atoms with Crippen LogP contribution in [0.4, 0.5) is 5.69 Å². The van der Waals surface area contributed by atoms with Gasteiger partial charge in [-0.15, -0.1) is 0 Å². The van der Waals surface area contributed by atoms with E-state index in [1.165, 1.54) is 19.3 Å². The molecule has 1 amide bonds. The summed E-state index contributed by atoms with van der Waals surface area (Å²) < 4.78 is 5.69. The first-order valence-electron chi connectivity index (χ1n) is 8.49. The molecule has 4 nitrogen and oxygen atoms in total. The topological polar surface area (TPSA) is 50.4 Å². The number of ether oxygens (including phenoxy) is 1. The van der Waals surface area contributed by atoms with E-state index < -0.39 is 0 Å². The smallest absolute Gasteiger partial charge is 0.226 e. The Hall–Kier alpha value is -1.62. The summed E-state index contributed by atoms with van der Waals surface area (Å²) >= 11 is 5.13. The Labute approximate surface area is 145 Å². The minimum absolute atomic E-state index is 0.0450. The molecular formula is C18H28N2O2S. The molecule has 2 N–H and O–H groups in total. The molecule has 0 aliphatic heterocycles. The lowest BCUT2D eigenvalue weighted by molar-refractivity contribution is -0.119. The fraction of sp³-hybridized carbons (Fsp3) is 0.556. The van der Waals surface area contributed by atoms with Gasteiger partial charge in [0, 0.05) is 12.1 Å². The summed E-state index contributed by atoms with van der Waals surface area (Å²) in [5.74, 6) is 0.807. The highest BCUT2D eigenvalue weighted by molar-refractivity contribution is 7.80. The molecule has 23 heavy (non-hydrogen) atoms. The Balaban J connectivity index is 2.30. The van der Waals surface area contributed by atoms with Gasteiger partial charge in [-0.3, -0.25) is 4.79 Å². The number of carbonyl (C=O) groups excluding carboxylic acids is 1. The zero-order valence-corrected chi connectivity index (χ0v) is 15.0. The van der Waals surface area contributed by atoms with E-state index in [1.54, 1.807) is 0 Å². The maximum atomic E-state index is 11.6. The molecule has 0 unspecified atom stereocenters. The maximum absolute atomic E-state index is 11.6. The van der Waals surface area contributed by atoms with Crippen LogP contribution in [0.5, 0.6) is 5.75 Å². The molecule has 0 fully saturated rings. The van der Waals surface area contributed by atoms with Crippen molar-refractivity contribution in [1.29, 1.82) is 0 Å². The van der Waals surface area contributed by atoms with E-state index in [0.29, 0.717) is 11.5 Å². The molecule has 0 saturated carbocycles. The van der Waals surface area contributed by atoms with Crippen molar-refractivity contribution in [3.63, 3.8) is 0 Å². The highest BCUT2D eigenvalue weighted by Gasteiger charge is 2.04. The van der Waals surface area contributed by atoms with Crippen molar-refractivity contribution >= 4 is 28.9 Å². The minimum Gasteiger partial charge on any atom is -0.494 e. The summed E-state index contributed by atoms with van der Waals surface area (Å²) in [5, 5.41) is 6.02. The van der Waals surface area contributed by atoms with Crippen LogP contribution >= 0.6 is 12.2 Å². The van der Waals surface area contributed by atoms with Crippen LogP contribution in [0.25, 0.3) is 0 Å². The third kappa shape index (κ3) is 9.18. The van der Waals surface area contributed by atoms with Crippen molar-refractivity contribution in [3.05, 3.63) is 24.3 Å². The Morgan fingerprint density at radius 2 is 1.74 bits per heavy atom. The molecular weight excluding hydrogens is 308 g/mol. The Morgan fingerprint density at radius 1 is 1.04 bits per heavy atom. The van der Waals surface area contributed by atoms with E-state index in [9.17, 15) is 4.79 Å². The van der Waals surface area contributed by atoms with Crippen molar-refractivity contribution in [3.8, 4) is 5.75 Å². The third-order valence-electron chi connectivity index (χ3n) is 3.39. The summed E-state index contributed by atoms with van der Waals surface area (Å²) in [5.41, 5.74) is 0.837. The summed E-state index contributed by atoms with van der Waals surface area (Å²) in [7, 11) is 0. The largest absolute Gasteiger partial charge is 0.494 e. The van der Waals surface area contributed by atoms with Crippen LogP contribution in [0.1, 0.15) is 58.8 Å². The summed E-state index contributed by atoms with van der Waals surface area (Å²) in [6, 6.07) is 7.60. The quantitative estimate of drug-likeness (QED) is 0.482. The van der Waals surface area contributed by atoms with Gasteiger partial charge in [-0.05, 0) is 49.3 Å². The molecule has 0 atom stereocenters. The Kier molecular flexibility index (Phi) is 10.0. The van der Waals surface area contributed by atoms with Crippen molar-refractivity contribution in [2.45, 2.75) is 58.8 Å². The molecule has 128 valence electrons. The molecule has 5 heteroatoms. The van der Waals surface area contributed by atoms with Crippen LogP contribution in [0.2, 0.25) is 0 Å². The SMILES string of the molecule is CCCCCCOc1ccc(NC(=S)NC(=O)CCCC)cc1. The number of hydrogen-bond donors (Lipinski definition) is 2. The molecule has 0 bridgehead atoms. The standard InChI is InChI=1S/C18H28N2O2S/c1-3-5-7-8-14-22-16-12-10-15(11-13-16)19-18(23)20-17(21)9-6-4-2/h10-13H,3-9,14H2,1-2H3,(H2,19,20,21,23). The van der Waals surface area contributed by atoms with Crippen molar-refractivity contribution < 1.29 is 9.53 Å². The lowest BCUT2D eigenvalue weighted by atomic mass is 10.2. The van der Waals surface area contributed by atoms with Crippen LogP contribution < -0.4 is 15.4 Å². The van der Waals surface area contributed by atoms with Gasteiger partial charge in [0.25, 0.3) is 0 Å². The number of thiocarbonyl (C=S) groups is 1. The van der Waals surface area contributed by atoms with Gasteiger partial charge >= 0.3 is 0 Å². The minimum atomic E-state index is -0.0450. The highest BCUT2D eigenvalue weighted by atomic mass is 32.1. The highest BCUT2D eigenvalue weighted by Crippen LogP contribution is 2.16. The number of amides is 1. The molecule has 0 aliphatic rings. The summed E-state index contributed by atoms with van der Waals surface area (Å²) in [6.45, 7) is 5.00. The normalized spacial score (nSPS) is 10.2. The number of benzene rings is 1. The van der Waals surface area contributed by atoms with E-state index in [2.05, 4.69) is 24.5 Å². The van der Waals surface area contributed by atoms with Crippen molar-refractivity contribution in [2.75, 3.05) is 11.9 Å². The first-order valence-corrected chi connectivity index (χ1v) is 8.90. The first kappa shape index (κ1) is 19.4. The third-order valence-corrected chi connectivity index (χ3v) is 3.59. The fourth-order valence-electron chi connectivity index (χ4n) is 2.04. The monoisotopic (exact) mass is 336 g/mol. The number of nitrogens with one attached hydrogen (secondary N) is 2. The molecule has 0 radical (unpaired) electrons. The number of hydrogen-bond acceptors (Lipinski definition) is 3. The molecule has 0 spiro atoms. The van der Waals surface area contributed by atoms with Gasteiger partial charge in [-0.25, -0.2) is 0 Å². The van der Waals surface area contributed by atoms with Gasteiger partial charge in [-0.2, -0.15) is 0 Å².